The molecule has 6 heteroatoms. The van der Waals surface area contributed by atoms with Crippen molar-refractivity contribution in [2.24, 2.45) is 11.7 Å². The molecule has 1 aliphatic heterocycles. The number of nitrogens with zero attached hydrogens (tertiary/aromatic N) is 1. The first-order chi connectivity index (χ1) is 9.90. The summed E-state index contributed by atoms with van der Waals surface area (Å²) in [5.41, 5.74) is 6.30. The van der Waals surface area contributed by atoms with Crippen molar-refractivity contribution in [1.82, 2.24) is 4.90 Å². The minimum absolute atomic E-state index is 0.0984. The van der Waals surface area contributed by atoms with E-state index in [9.17, 15) is 14.0 Å². The second-order valence-electron chi connectivity index (χ2n) is 5.56. The third-order valence-corrected chi connectivity index (χ3v) is 4.65. The molecule has 1 heterocycles. The lowest BCUT2D eigenvalue weighted by Gasteiger charge is -2.31. The van der Waals surface area contributed by atoms with E-state index < -0.39 is 11.9 Å². The van der Waals surface area contributed by atoms with E-state index in [1.54, 1.807) is 17.0 Å². The Morgan fingerprint density at radius 2 is 2.05 bits per heavy atom. The van der Waals surface area contributed by atoms with Crippen LogP contribution in [-0.4, -0.2) is 28.5 Å². The molecule has 1 aliphatic rings. The summed E-state index contributed by atoms with van der Waals surface area (Å²) in [6.07, 6.45) is 0.527. The molecule has 4 nitrogen and oxygen atoms in total. The summed E-state index contributed by atoms with van der Waals surface area (Å²) in [4.78, 5) is 25.5. The summed E-state index contributed by atoms with van der Waals surface area (Å²) in [6.45, 7) is 3.97. The van der Waals surface area contributed by atoms with Gasteiger partial charge in [-0.15, -0.1) is 11.8 Å². The quantitative estimate of drug-likeness (QED) is 0.907. The first-order valence-electron chi connectivity index (χ1n) is 6.87. The highest BCUT2D eigenvalue weighted by atomic mass is 32.2. The maximum atomic E-state index is 13.0. The molecule has 2 atom stereocenters. The lowest BCUT2D eigenvalue weighted by atomic mass is 10.0. The van der Waals surface area contributed by atoms with Crippen LogP contribution < -0.4 is 5.73 Å². The lowest BCUT2D eigenvalue weighted by Crippen LogP contribution is -2.47. The van der Waals surface area contributed by atoms with Gasteiger partial charge in [0, 0.05) is 0 Å². The van der Waals surface area contributed by atoms with E-state index in [2.05, 4.69) is 0 Å². The van der Waals surface area contributed by atoms with Crippen molar-refractivity contribution in [3.8, 4) is 0 Å². The highest BCUT2D eigenvalue weighted by Gasteiger charge is 2.40. The number of carbonyl (C=O) groups is 2. The second-order valence-corrected chi connectivity index (χ2v) is 6.63. The Hall–Kier alpha value is -1.56. The minimum Gasteiger partial charge on any atom is -0.368 e. The Balaban J connectivity index is 2.30. The highest BCUT2D eigenvalue weighted by Crippen LogP contribution is 2.40. The predicted molar refractivity (Wildman–Crippen MR) is 80.9 cm³/mol. The zero-order chi connectivity index (χ0) is 15.6. The van der Waals surface area contributed by atoms with Crippen molar-refractivity contribution in [2.45, 2.75) is 31.7 Å². The van der Waals surface area contributed by atoms with E-state index in [4.69, 9.17) is 5.73 Å². The number of primary amides is 1. The Morgan fingerprint density at radius 3 is 2.57 bits per heavy atom. The van der Waals surface area contributed by atoms with Gasteiger partial charge in [0.25, 0.3) is 0 Å². The molecule has 1 fully saturated rings. The van der Waals surface area contributed by atoms with Crippen molar-refractivity contribution < 1.29 is 14.0 Å². The molecule has 2 amide bonds. The molecule has 0 aromatic heterocycles. The van der Waals surface area contributed by atoms with Crippen molar-refractivity contribution in [3.05, 3.63) is 35.6 Å². The van der Waals surface area contributed by atoms with Crippen LogP contribution in [0.2, 0.25) is 0 Å². The van der Waals surface area contributed by atoms with Gasteiger partial charge < -0.3 is 10.6 Å². The summed E-state index contributed by atoms with van der Waals surface area (Å²) < 4.78 is 13.0. The molecule has 2 rings (SSSR count). The van der Waals surface area contributed by atoms with E-state index >= 15 is 0 Å². The molecular weight excluding hydrogens is 291 g/mol. The van der Waals surface area contributed by atoms with Crippen molar-refractivity contribution in [2.75, 3.05) is 5.75 Å². The highest BCUT2D eigenvalue weighted by molar-refractivity contribution is 8.00. The average molecular weight is 310 g/mol. The second kappa shape index (κ2) is 6.47. The largest absolute Gasteiger partial charge is 0.368 e. The van der Waals surface area contributed by atoms with Gasteiger partial charge in [-0.25, -0.2) is 4.39 Å². The van der Waals surface area contributed by atoms with Crippen LogP contribution in [-0.2, 0) is 9.59 Å². The standard InChI is InChI=1S/C15H19FN2O2S/c1-9(2)7-12(14(17)20)18-13(19)8-21-15(18)10-3-5-11(16)6-4-10/h3-6,9,12,15H,7-8H2,1-2H3,(H2,17,20). The Kier molecular flexibility index (Phi) is 4.88. The summed E-state index contributed by atoms with van der Waals surface area (Å²) in [6, 6.07) is 5.39. The zero-order valence-corrected chi connectivity index (χ0v) is 12.9. The monoisotopic (exact) mass is 310 g/mol. The van der Waals surface area contributed by atoms with Crippen molar-refractivity contribution in [3.63, 3.8) is 0 Å². The topological polar surface area (TPSA) is 63.4 Å². The fourth-order valence-corrected chi connectivity index (χ4v) is 3.69. The van der Waals surface area contributed by atoms with E-state index in [0.717, 1.165) is 5.56 Å². The number of carbonyl (C=O) groups excluding carboxylic acids is 2. The first kappa shape index (κ1) is 15.8. The number of hydrogen-bond donors (Lipinski definition) is 1. The number of thioether (sulfide) groups is 1. The maximum absolute atomic E-state index is 13.0. The van der Waals surface area contributed by atoms with Gasteiger partial charge in [-0.05, 0) is 30.0 Å². The number of benzene rings is 1. The van der Waals surface area contributed by atoms with Crippen LogP contribution in [0.1, 0.15) is 31.2 Å². The number of nitrogens with two attached hydrogens (primary N) is 1. The van der Waals surface area contributed by atoms with Gasteiger partial charge in [0.1, 0.15) is 17.2 Å². The summed E-state index contributed by atoms with van der Waals surface area (Å²) >= 11 is 1.44. The molecule has 1 saturated heterocycles. The fraction of sp³-hybridized carbons (Fsp3) is 0.467. The fourth-order valence-electron chi connectivity index (χ4n) is 2.47. The van der Waals surface area contributed by atoms with Crippen LogP contribution in [0.15, 0.2) is 24.3 Å². The SMILES string of the molecule is CC(C)CC(C(N)=O)N1C(=O)CSC1c1ccc(F)cc1. The van der Waals surface area contributed by atoms with Gasteiger partial charge in [-0.2, -0.15) is 0 Å². The van der Waals surface area contributed by atoms with Crippen LogP contribution in [0.5, 0.6) is 0 Å². The van der Waals surface area contributed by atoms with Crippen LogP contribution in [0.3, 0.4) is 0 Å². The maximum Gasteiger partial charge on any atom is 0.240 e. The molecule has 21 heavy (non-hydrogen) atoms. The molecule has 0 radical (unpaired) electrons. The van der Waals surface area contributed by atoms with Gasteiger partial charge in [-0.1, -0.05) is 26.0 Å². The van der Waals surface area contributed by atoms with Gasteiger partial charge in [0.05, 0.1) is 5.75 Å². The Bertz CT molecular complexity index is 533. The average Bonchev–Trinajstić information content (AvgIpc) is 2.78. The number of hydrogen-bond acceptors (Lipinski definition) is 3. The summed E-state index contributed by atoms with van der Waals surface area (Å²) in [5, 5.41) is -0.283. The molecule has 0 spiro atoms. The van der Waals surface area contributed by atoms with Crippen LogP contribution >= 0.6 is 11.8 Å². The molecule has 0 saturated carbocycles. The lowest BCUT2D eigenvalue weighted by molar-refractivity contribution is -0.137. The van der Waals surface area contributed by atoms with Crippen molar-refractivity contribution in [1.29, 1.82) is 0 Å². The van der Waals surface area contributed by atoms with E-state index in [1.807, 2.05) is 13.8 Å². The summed E-state index contributed by atoms with van der Waals surface area (Å²) in [7, 11) is 0. The molecule has 2 unspecified atom stereocenters. The number of amides is 2. The Labute approximate surface area is 127 Å². The molecule has 1 aromatic rings. The summed E-state index contributed by atoms with van der Waals surface area (Å²) in [5.74, 6) is -0.363. The third-order valence-electron chi connectivity index (χ3n) is 3.42. The molecule has 0 aliphatic carbocycles. The van der Waals surface area contributed by atoms with E-state index in [-0.39, 0.29) is 23.0 Å². The van der Waals surface area contributed by atoms with E-state index in [1.165, 1.54) is 23.9 Å². The predicted octanol–water partition coefficient (Wildman–Crippen LogP) is 2.30. The van der Waals surface area contributed by atoms with Gasteiger partial charge in [-0.3, -0.25) is 9.59 Å². The third kappa shape index (κ3) is 3.56. The van der Waals surface area contributed by atoms with Crippen LogP contribution in [0.25, 0.3) is 0 Å². The molecule has 2 N–H and O–H groups in total. The van der Waals surface area contributed by atoms with Crippen LogP contribution in [0.4, 0.5) is 4.39 Å². The molecule has 0 bridgehead atoms. The molecule has 114 valence electrons. The Morgan fingerprint density at radius 1 is 1.43 bits per heavy atom. The van der Waals surface area contributed by atoms with Gasteiger partial charge in [0.15, 0.2) is 0 Å². The first-order valence-corrected chi connectivity index (χ1v) is 7.92. The van der Waals surface area contributed by atoms with Crippen molar-refractivity contribution >= 4 is 23.6 Å². The van der Waals surface area contributed by atoms with Crippen LogP contribution in [0, 0.1) is 11.7 Å². The van der Waals surface area contributed by atoms with Gasteiger partial charge >= 0.3 is 0 Å². The molecular formula is C15H19FN2O2S. The normalized spacial score (nSPS) is 20.1. The van der Waals surface area contributed by atoms with Gasteiger partial charge in [0.2, 0.25) is 11.8 Å². The minimum atomic E-state index is -0.623. The number of rotatable bonds is 5. The zero-order valence-electron chi connectivity index (χ0n) is 12.1. The number of halogens is 1. The smallest absolute Gasteiger partial charge is 0.240 e. The molecule has 1 aromatic carbocycles. The van der Waals surface area contributed by atoms with E-state index in [0.29, 0.717) is 12.2 Å².